The predicted molar refractivity (Wildman–Crippen MR) is 86.2 cm³/mol. The molecule has 0 spiro atoms. The molecule has 5 heteroatoms. The topological polar surface area (TPSA) is 46.5 Å². The number of thiophene rings is 1. The summed E-state index contributed by atoms with van der Waals surface area (Å²) in [5, 5.41) is 9.35. The second kappa shape index (κ2) is 6.78. The lowest BCUT2D eigenvalue weighted by Crippen LogP contribution is -1.94. The lowest BCUT2D eigenvalue weighted by Gasteiger charge is -2.09. The Morgan fingerprint density at radius 3 is 2.62 bits per heavy atom. The number of aliphatic carboxylic acids is 1. The molecule has 1 aromatic carbocycles. The fraction of sp³-hybridized carbons (Fsp3) is 0.188. The molecular weight excluding hydrogens is 308 g/mol. The molecule has 0 radical (unpaired) electrons. The van der Waals surface area contributed by atoms with Crippen LogP contribution >= 0.6 is 22.9 Å². The molecule has 0 saturated carbocycles. The monoisotopic (exact) mass is 322 g/mol. The third-order valence-corrected chi connectivity index (χ3v) is 4.48. The highest BCUT2D eigenvalue weighted by Crippen LogP contribution is 2.27. The molecular formula is C16H15ClO3S. The Kier molecular flexibility index (Phi) is 5.04. The molecule has 3 nitrogen and oxygen atoms in total. The Labute approximate surface area is 132 Å². The number of halogens is 1. The number of carbonyl (C=O) groups is 1. The summed E-state index contributed by atoms with van der Waals surface area (Å²) >= 11 is 7.63. The van der Waals surface area contributed by atoms with Gasteiger partial charge in [0.05, 0.1) is 0 Å². The fourth-order valence-corrected chi connectivity index (χ4v) is 2.80. The van der Waals surface area contributed by atoms with E-state index in [4.69, 9.17) is 21.4 Å². The number of rotatable bonds is 5. The van der Waals surface area contributed by atoms with Gasteiger partial charge in [0.15, 0.2) is 0 Å². The van der Waals surface area contributed by atoms with Crippen LogP contribution in [0.25, 0.3) is 6.08 Å². The number of carboxylic acid groups (broad SMARTS) is 1. The van der Waals surface area contributed by atoms with E-state index in [2.05, 4.69) is 0 Å². The summed E-state index contributed by atoms with van der Waals surface area (Å²) < 4.78 is 5.76. The highest BCUT2D eigenvalue weighted by Gasteiger charge is 2.05. The summed E-state index contributed by atoms with van der Waals surface area (Å²) in [5.74, 6) is -0.168. The summed E-state index contributed by atoms with van der Waals surface area (Å²) in [4.78, 5) is 12.4. The van der Waals surface area contributed by atoms with Crippen LogP contribution in [0.15, 0.2) is 30.3 Å². The summed E-state index contributed by atoms with van der Waals surface area (Å²) in [6.07, 6.45) is 2.70. The summed E-state index contributed by atoms with van der Waals surface area (Å²) in [7, 11) is 0. The summed E-state index contributed by atoms with van der Waals surface area (Å²) in [6, 6.07) is 7.63. The fourth-order valence-electron chi connectivity index (χ4n) is 1.86. The largest absolute Gasteiger partial charge is 0.488 e. The zero-order chi connectivity index (χ0) is 15.4. The molecule has 1 aromatic heterocycles. The Morgan fingerprint density at radius 2 is 2.00 bits per heavy atom. The number of hydrogen-bond acceptors (Lipinski definition) is 3. The highest BCUT2D eigenvalue weighted by atomic mass is 35.5. The van der Waals surface area contributed by atoms with Crippen LogP contribution in [0.5, 0.6) is 5.75 Å². The lowest BCUT2D eigenvalue weighted by atomic mass is 10.1. The van der Waals surface area contributed by atoms with Crippen LogP contribution in [0.3, 0.4) is 0 Å². The van der Waals surface area contributed by atoms with Gasteiger partial charge in [-0.2, -0.15) is 0 Å². The molecule has 0 amide bonds. The van der Waals surface area contributed by atoms with Crippen LogP contribution in [-0.2, 0) is 11.4 Å². The van der Waals surface area contributed by atoms with Crippen molar-refractivity contribution in [3.8, 4) is 5.75 Å². The number of hydrogen-bond donors (Lipinski definition) is 1. The Morgan fingerprint density at radius 1 is 1.33 bits per heavy atom. The Bertz CT molecular complexity index is 666. The van der Waals surface area contributed by atoms with Gasteiger partial charge in [-0.3, -0.25) is 0 Å². The first-order valence-corrected chi connectivity index (χ1v) is 7.54. The van der Waals surface area contributed by atoms with Crippen LogP contribution < -0.4 is 4.74 Å². The predicted octanol–water partition coefficient (Wildman–Crippen LogP) is 4.70. The van der Waals surface area contributed by atoms with Crippen molar-refractivity contribution in [2.24, 2.45) is 0 Å². The van der Waals surface area contributed by atoms with Crippen molar-refractivity contribution in [1.29, 1.82) is 0 Å². The van der Waals surface area contributed by atoms with E-state index in [-0.39, 0.29) is 0 Å². The summed E-state index contributed by atoms with van der Waals surface area (Å²) in [5.41, 5.74) is 1.98. The molecule has 110 valence electrons. The van der Waals surface area contributed by atoms with E-state index in [0.29, 0.717) is 6.61 Å². The van der Waals surface area contributed by atoms with Crippen molar-refractivity contribution in [2.45, 2.75) is 20.5 Å². The van der Waals surface area contributed by atoms with Crippen LogP contribution in [0.1, 0.15) is 20.9 Å². The lowest BCUT2D eigenvalue weighted by molar-refractivity contribution is -0.131. The van der Waals surface area contributed by atoms with Gasteiger partial charge in [-0.15, -0.1) is 11.3 Å². The van der Waals surface area contributed by atoms with Gasteiger partial charge in [0.25, 0.3) is 0 Å². The van der Waals surface area contributed by atoms with Crippen molar-refractivity contribution >= 4 is 35.0 Å². The molecule has 0 aliphatic heterocycles. The first kappa shape index (κ1) is 15.6. The average Bonchev–Trinajstić information content (AvgIpc) is 2.88. The van der Waals surface area contributed by atoms with Crippen LogP contribution in [0.4, 0.5) is 0 Å². The first-order chi connectivity index (χ1) is 9.95. The van der Waals surface area contributed by atoms with Gasteiger partial charge < -0.3 is 9.84 Å². The zero-order valence-electron chi connectivity index (χ0n) is 11.7. The average molecular weight is 323 g/mol. The molecule has 0 saturated heterocycles. The molecule has 1 N–H and O–H groups in total. The van der Waals surface area contributed by atoms with Crippen molar-refractivity contribution in [3.63, 3.8) is 0 Å². The second-order valence-electron chi connectivity index (χ2n) is 4.64. The van der Waals surface area contributed by atoms with Crippen molar-refractivity contribution in [3.05, 3.63) is 56.2 Å². The van der Waals surface area contributed by atoms with Crippen LogP contribution in [-0.4, -0.2) is 11.1 Å². The molecule has 2 aromatic rings. The third-order valence-electron chi connectivity index (χ3n) is 2.86. The maximum atomic E-state index is 10.5. The van der Waals surface area contributed by atoms with Gasteiger partial charge in [0.2, 0.25) is 0 Å². The maximum absolute atomic E-state index is 10.5. The van der Waals surface area contributed by atoms with Gasteiger partial charge in [-0.1, -0.05) is 11.6 Å². The van der Waals surface area contributed by atoms with Crippen LogP contribution in [0.2, 0.25) is 5.02 Å². The van der Waals surface area contributed by atoms with E-state index in [0.717, 1.165) is 37.7 Å². The van der Waals surface area contributed by atoms with Gasteiger partial charge in [-0.25, -0.2) is 4.79 Å². The molecule has 1 heterocycles. The number of ether oxygens (including phenoxy) is 1. The van der Waals surface area contributed by atoms with Gasteiger partial charge in [-0.05, 0) is 55.3 Å². The van der Waals surface area contributed by atoms with Crippen molar-refractivity contribution in [1.82, 2.24) is 0 Å². The van der Waals surface area contributed by atoms with Crippen molar-refractivity contribution < 1.29 is 14.6 Å². The normalized spacial score (nSPS) is 11.0. The van der Waals surface area contributed by atoms with Gasteiger partial charge >= 0.3 is 5.97 Å². The van der Waals surface area contributed by atoms with E-state index in [1.54, 1.807) is 6.08 Å². The number of carboxylic acids is 1. The van der Waals surface area contributed by atoms with E-state index >= 15 is 0 Å². The molecule has 2 rings (SSSR count). The molecule has 0 atom stereocenters. The number of benzene rings is 1. The SMILES string of the molecule is Cc1cc(OCc2ccc(C=CC(=O)O)s2)cc(C)c1Cl. The second-order valence-corrected chi connectivity index (χ2v) is 6.21. The minimum Gasteiger partial charge on any atom is -0.488 e. The molecule has 0 bridgehead atoms. The smallest absolute Gasteiger partial charge is 0.328 e. The van der Waals surface area contributed by atoms with Crippen LogP contribution in [0, 0.1) is 13.8 Å². The standard InChI is InChI=1S/C16H15ClO3S/c1-10-7-12(8-11(2)16(10)17)20-9-14-4-3-13(21-14)5-6-15(18)19/h3-8H,9H2,1-2H3,(H,18,19). The van der Waals surface area contributed by atoms with Crippen molar-refractivity contribution in [2.75, 3.05) is 0 Å². The third kappa shape index (κ3) is 4.34. The molecule has 0 aliphatic rings. The number of aryl methyl sites for hydroxylation is 2. The zero-order valence-corrected chi connectivity index (χ0v) is 13.3. The first-order valence-electron chi connectivity index (χ1n) is 6.35. The molecule has 0 aliphatic carbocycles. The summed E-state index contributed by atoms with van der Waals surface area (Å²) in [6.45, 7) is 4.34. The molecule has 21 heavy (non-hydrogen) atoms. The van der Waals surface area contributed by atoms with Gasteiger partial charge in [0, 0.05) is 20.9 Å². The van der Waals surface area contributed by atoms with E-state index in [1.165, 1.54) is 11.3 Å². The molecule has 0 fully saturated rings. The Balaban J connectivity index is 2.02. The minimum atomic E-state index is -0.951. The van der Waals surface area contributed by atoms with E-state index in [1.807, 2.05) is 38.1 Å². The van der Waals surface area contributed by atoms with E-state index < -0.39 is 5.97 Å². The van der Waals surface area contributed by atoms with E-state index in [9.17, 15) is 4.79 Å². The highest BCUT2D eigenvalue weighted by molar-refractivity contribution is 7.12. The van der Waals surface area contributed by atoms with Gasteiger partial charge in [0.1, 0.15) is 12.4 Å². The molecule has 0 unspecified atom stereocenters. The maximum Gasteiger partial charge on any atom is 0.328 e. The minimum absolute atomic E-state index is 0.450. The quantitative estimate of drug-likeness (QED) is 0.812. The Hall–Kier alpha value is -1.78.